The minimum Gasteiger partial charge on any atom is -0.487 e. The summed E-state index contributed by atoms with van der Waals surface area (Å²) in [5.41, 5.74) is 5.50. The Morgan fingerprint density at radius 3 is 2.74 bits per heavy atom. The predicted octanol–water partition coefficient (Wildman–Crippen LogP) is 4.08. The molecular formula is C29H31N7O2. The number of piperazine rings is 1. The number of aryl methyl sites for hydroxylation is 1. The highest BCUT2D eigenvalue weighted by Gasteiger charge is 2.34. The number of fused-ring (bicyclic) bond motifs is 3. The molecule has 1 aromatic heterocycles. The van der Waals surface area contributed by atoms with Crippen LogP contribution in [0.15, 0.2) is 42.6 Å². The minimum atomic E-state index is -0.133. The van der Waals surface area contributed by atoms with Gasteiger partial charge >= 0.3 is 6.03 Å². The van der Waals surface area contributed by atoms with E-state index < -0.39 is 0 Å². The van der Waals surface area contributed by atoms with Crippen LogP contribution in [-0.2, 0) is 6.54 Å². The second-order valence-corrected chi connectivity index (χ2v) is 9.97. The van der Waals surface area contributed by atoms with Gasteiger partial charge < -0.3 is 19.9 Å². The number of carbonyl (C=O) groups excluding carboxylic acids is 1. The van der Waals surface area contributed by atoms with E-state index in [1.165, 1.54) is 0 Å². The molecule has 2 amide bonds. The molecule has 0 saturated carbocycles. The quantitative estimate of drug-likeness (QED) is 0.522. The highest BCUT2D eigenvalue weighted by atomic mass is 16.5. The van der Waals surface area contributed by atoms with Crippen LogP contribution in [0.5, 0.6) is 5.75 Å². The zero-order valence-corrected chi connectivity index (χ0v) is 22.0. The highest BCUT2D eigenvalue weighted by molar-refractivity contribution is 6.06. The molecule has 0 spiro atoms. The molecule has 3 aliphatic rings. The number of ether oxygens (including phenoxy) is 1. The monoisotopic (exact) mass is 509 g/mol. The molecule has 0 radical (unpaired) electrons. The van der Waals surface area contributed by atoms with Gasteiger partial charge in [-0.25, -0.2) is 9.78 Å². The normalized spacial score (nSPS) is 18.4. The molecule has 38 heavy (non-hydrogen) atoms. The van der Waals surface area contributed by atoms with Crippen LogP contribution in [0.3, 0.4) is 0 Å². The van der Waals surface area contributed by atoms with Gasteiger partial charge in [0, 0.05) is 61.8 Å². The third-order valence-corrected chi connectivity index (χ3v) is 7.28. The van der Waals surface area contributed by atoms with Gasteiger partial charge in [0.25, 0.3) is 0 Å². The molecule has 0 unspecified atom stereocenters. The van der Waals surface area contributed by atoms with Crippen molar-refractivity contribution in [2.45, 2.75) is 20.4 Å². The van der Waals surface area contributed by atoms with E-state index in [-0.39, 0.29) is 6.03 Å². The maximum absolute atomic E-state index is 13.8. The van der Waals surface area contributed by atoms with Gasteiger partial charge in [-0.2, -0.15) is 4.98 Å². The molecule has 1 fully saturated rings. The summed E-state index contributed by atoms with van der Waals surface area (Å²) in [6.07, 6.45) is 5.73. The molecular weight excluding hydrogens is 478 g/mol. The van der Waals surface area contributed by atoms with Gasteiger partial charge in [0.2, 0.25) is 5.95 Å². The average Bonchev–Trinajstić information content (AvgIpc) is 2.91. The van der Waals surface area contributed by atoms with E-state index in [9.17, 15) is 4.79 Å². The molecule has 9 nitrogen and oxygen atoms in total. The van der Waals surface area contributed by atoms with E-state index in [1.54, 1.807) is 16.0 Å². The molecule has 2 aromatic carbocycles. The Morgan fingerprint density at radius 2 is 1.92 bits per heavy atom. The lowest BCUT2D eigenvalue weighted by Gasteiger charge is -2.36. The summed E-state index contributed by atoms with van der Waals surface area (Å²) in [6.45, 7) is 9.02. The Labute approximate surface area is 223 Å². The van der Waals surface area contributed by atoms with Crippen molar-refractivity contribution in [1.82, 2.24) is 14.9 Å². The first-order chi connectivity index (χ1) is 18.5. The smallest absolute Gasteiger partial charge is 0.330 e. The number of benzene rings is 1. The topological polar surface area (TPSA) is 77.1 Å². The van der Waals surface area contributed by atoms with Crippen molar-refractivity contribution < 1.29 is 9.53 Å². The maximum atomic E-state index is 13.8. The summed E-state index contributed by atoms with van der Waals surface area (Å²) in [5, 5.41) is 3.32. The average molecular weight is 510 g/mol. The number of anilines is 5. The zero-order chi connectivity index (χ0) is 26.2. The van der Waals surface area contributed by atoms with Crippen molar-refractivity contribution >= 4 is 34.9 Å². The Kier molecular flexibility index (Phi) is 6.26. The second kappa shape index (κ2) is 9.88. The van der Waals surface area contributed by atoms with Crippen LogP contribution in [0, 0.1) is 26.0 Å². The van der Waals surface area contributed by atoms with Crippen molar-refractivity contribution in [3.8, 4) is 5.75 Å². The van der Waals surface area contributed by atoms with Crippen LogP contribution < -0.4 is 24.8 Å². The Hall–Kier alpha value is -4.29. The summed E-state index contributed by atoms with van der Waals surface area (Å²) < 4.78 is 6.24. The summed E-state index contributed by atoms with van der Waals surface area (Å²) in [6, 6.07) is 14.0. The van der Waals surface area contributed by atoms with Gasteiger partial charge in [-0.05, 0) is 50.7 Å². The lowest BCUT2D eigenvalue weighted by Crippen LogP contribution is -2.48. The molecule has 3 aromatic rings. The minimum absolute atomic E-state index is 0.133. The van der Waals surface area contributed by atoms with Crippen LogP contribution >= 0.6 is 0 Å². The van der Waals surface area contributed by atoms with Gasteiger partial charge in [0.1, 0.15) is 18.2 Å². The molecule has 6 rings (SSSR count). The number of amides is 2. The third kappa shape index (κ3) is 4.48. The Balaban J connectivity index is 1.34. The van der Waals surface area contributed by atoms with Crippen LogP contribution in [0.2, 0.25) is 0 Å². The first-order valence-corrected chi connectivity index (χ1v) is 12.9. The molecule has 3 aliphatic heterocycles. The molecule has 9 heteroatoms. The molecule has 194 valence electrons. The van der Waals surface area contributed by atoms with Crippen molar-refractivity contribution in [2.24, 2.45) is 0 Å². The van der Waals surface area contributed by atoms with E-state index >= 15 is 0 Å². The molecule has 4 bridgehead atoms. The number of hydrogen-bond donors (Lipinski definition) is 1. The van der Waals surface area contributed by atoms with Crippen LogP contribution in [0.4, 0.5) is 33.6 Å². The van der Waals surface area contributed by atoms with Gasteiger partial charge in [0.05, 0.1) is 17.9 Å². The summed E-state index contributed by atoms with van der Waals surface area (Å²) in [7, 11) is 2.15. The number of aromatic nitrogens is 2. The summed E-state index contributed by atoms with van der Waals surface area (Å²) in [5.74, 6) is 1.86. The summed E-state index contributed by atoms with van der Waals surface area (Å²) in [4.78, 5) is 31.4. The standard InChI is InChI=1S/C29H31N7O2/c1-20-7-6-8-21(2)26(20)36-19-22-18-30-28-31-23-9-10-24(34-14-12-33(3)13-15-34)25(17-23)38-16-5-4-11-35(29(36)37)27(22)32-28/h4-5,7,9-10,17-18H,11-16,19H2,1-3H3,(H,30,31,32)/b5-4-. The Bertz CT molecular complexity index is 1380. The maximum Gasteiger partial charge on any atom is 0.330 e. The first-order valence-electron chi connectivity index (χ1n) is 12.9. The predicted molar refractivity (Wildman–Crippen MR) is 149 cm³/mol. The van der Waals surface area contributed by atoms with Crippen molar-refractivity contribution in [1.29, 1.82) is 0 Å². The first kappa shape index (κ1) is 24.1. The van der Waals surface area contributed by atoms with Gasteiger partial charge in [0.15, 0.2) is 0 Å². The second-order valence-electron chi connectivity index (χ2n) is 9.97. The van der Waals surface area contributed by atoms with Crippen LogP contribution in [-0.4, -0.2) is 67.3 Å². The van der Waals surface area contributed by atoms with E-state index in [0.717, 1.165) is 65.7 Å². The molecule has 1 saturated heterocycles. The number of urea groups is 1. The van der Waals surface area contributed by atoms with Crippen LogP contribution in [0.1, 0.15) is 16.7 Å². The van der Waals surface area contributed by atoms with Crippen molar-refractivity contribution in [2.75, 3.05) is 66.4 Å². The number of nitrogens with one attached hydrogen (secondary N) is 1. The number of carbonyl (C=O) groups is 1. The van der Waals surface area contributed by atoms with Gasteiger partial charge in [-0.1, -0.05) is 18.2 Å². The number of rotatable bonds is 2. The number of hydrogen-bond acceptors (Lipinski definition) is 7. The Morgan fingerprint density at radius 1 is 1.08 bits per heavy atom. The van der Waals surface area contributed by atoms with Crippen LogP contribution in [0.25, 0.3) is 0 Å². The lowest BCUT2D eigenvalue weighted by atomic mass is 10.1. The van der Waals surface area contributed by atoms with Gasteiger partial charge in [-0.15, -0.1) is 0 Å². The van der Waals surface area contributed by atoms with Crippen molar-refractivity contribution in [3.05, 3.63) is 71.4 Å². The van der Waals surface area contributed by atoms with E-state index in [0.29, 0.717) is 31.5 Å². The fourth-order valence-corrected chi connectivity index (χ4v) is 5.24. The van der Waals surface area contributed by atoms with E-state index in [2.05, 4.69) is 45.3 Å². The molecule has 0 atom stereocenters. The fourth-order valence-electron chi connectivity index (χ4n) is 5.24. The SMILES string of the molecule is Cc1c#ccc(C)c1N1Cc2cnc3nc2N(C/C=C\COc2cc(ccc2N2CCN(C)CC2)N3)C1=O. The highest BCUT2D eigenvalue weighted by Crippen LogP contribution is 2.36. The van der Waals surface area contributed by atoms with Gasteiger partial charge in [-0.3, -0.25) is 9.80 Å². The van der Waals surface area contributed by atoms with Crippen molar-refractivity contribution in [3.63, 3.8) is 0 Å². The summed E-state index contributed by atoms with van der Waals surface area (Å²) >= 11 is 0. The van der Waals surface area contributed by atoms with E-state index in [1.807, 2.05) is 44.2 Å². The number of likely N-dealkylation sites (N-methyl/N-ethyl adjacent to an activating group) is 1. The van der Waals surface area contributed by atoms with E-state index in [4.69, 9.17) is 9.72 Å². The lowest BCUT2D eigenvalue weighted by molar-refractivity contribution is 0.250. The molecule has 4 heterocycles. The number of nitrogens with zero attached hydrogens (tertiary/aromatic N) is 6. The molecule has 1 N–H and O–H groups in total. The zero-order valence-electron chi connectivity index (χ0n) is 22.0. The third-order valence-electron chi connectivity index (χ3n) is 7.28. The largest absolute Gasteiger partial charge is 0.487 e. The fraction of sp³-hybridized carbons (Fsp3) is 0.345. The molecule has 0 aliphatic carbocycles.